The van der Waals surface area contributed by atoms with Crippen molar-refractivity contribution in [1.29, 1.82) is 0 Å². The molecule has 1 unspecified atom stereocenters. The summed E-state index contributed by atoms with van der Waals surface area (Å²) < 4.78 is 5.23. The van der Waals surface area contributed by atoms with Crippen molar-refractivity contribution in [3.63, 3.8) is 0 Å². The van der Waals surface area contributed by atoms with Crippen molar-refractivity contribution in [1.82, 2.24) is 9.80 Å². The molecular weight excluding hydrogens is 390 g/mol. The van der Waals surface area contributed by atoms with Crippen molar-refractivity contribution < 1.29 is 14.3 Å². The number of aryl methyl sites for hydroxylation is 1. The highest BCUT2D eigenvalue weighted by molar-refractivity contribution is 5.90. The van der Waals surface area contributed by atoms with E-state index >= 15 is 0 Å². The Morgan fingerprint density at radius 1 is 1.06 bits per heavy atom. The molecule has 1 aliphatic rings. The first-order chi connectivity index (χ1) is 15.2. The van der Waals surface area contributed by atoms with Crippen LogP contribution >= 0.6 is 0 Å². The van der Waals surface area contributed by atoms with Gasteiger partial charge in [0.2, 0.25) is 5.91 Å². The summed E-state index contributed by atoms with van der Waals surface area (Å²) >= 11 is 0. The van der Waals surface area contributed by atoms with Crippen LogP contribution in [-0.2, 0) is 16.0 Å². The molecule has 0 aromatic heterocycles. The van der Waals surface area contributed by atoms with Gasteiger partial charge in [-0.3, -0.25) is 4.79 Å². The van der Waals surface area contributed by atoms with Crippen LogP contribution in [0.5, 0.6) is 0 Å². The minimum absolute atomic E-state index is 0.127. The van der Waals surface area contributed by atoms with E-state index in [9.17, 15) is 9.59 Å². The summed E-state index contributed by atoms with van der Waals surface area (Å²) in [5.74, 6) is -0.0359. The zero-order valence-electron chi connectivity index (χ0n) is 18.3. The van der Waals surface area contributed by atoms with Crippen molar-refractivity contribution in [2.75, 3.05) is 45.2 Å². The van der Waals surface area contributed by atoms with Crippen LogP contribution in [0.25, 0.3) is 0 Å². The third kappa shape index (κ3) is 7.10. The number of hydrogen-bond donors (Lipinski definition) is 1. The number of ether oxygens (including phenoxy) is 1. The molecule has 1 fully saturated rings. The Kier molecular flexibility index (Phi) is 8.91. The molecule has 3 rings (SSSR count). The van der Waals surface area contributed by atoms with Gasteiger partial charge in [0.05, 0.1) is 12.5 Å². The van der Waals surface area contributed by atoms with E-state index in [1.807, 2.05) is 53.4 Å². The maximum absolute atomic E-state index is 13.3. The number of nitrogens with zero attached hydrogens (tertiary/aromatic N) is 2. The number of likely N-dealkylation sites (tertiary alicyclic amines) is 1. The summed E-state index contributed by atoms with van der Waals surface area (Å²) in [7, 11) is 1.66. The van der Waals surface area contributed by atoms with Gasteiger partial charge in [0, 0.05) is 39.0 Å². The van der Waals surface area contributed by atoms with Gasteiger partial charge in [0.1, 0.15) is 0 Å². The van der Waals surface area contributed by atoms with E-state index in [4.69, 9.17) is 4.74 Å². The summed E-state index contributed by atoms with van der Waals surface area (Å²) in [6.07, 6.45) is 3.50. The second kappa shape index (κ2) is 12.1. The fourth-order valence-electron chi connectivity index (χ4n) is 4.00. The molecule has 1 saturated heterocycles. The molecule has 2 aromatic rings. The number of hydrogen-bond acceptors (Lipinski definition) is 3. The number of rotatable bonds is 9. The average molecular weight is 424 g/mol. The second-order valence-electron chi connectivity index (χ2n) is 7.99. The van der Waals surface area contributed by atoms with Gasteiger partial charge in [0.25, 0.3) is 0 Å². The quantitative estimate of drug-likeness (QED) is 0.662. The van der Waals surface area contributed by atoms with Crippen LogP contribution in [0.2, 0.25) is 0 Å². The molecule has 1 atom stereocenters. The van der Waals surface area contributed by atoms with Gasteiger partial charge < -0.3 is 19.9 Å². The molecule has 0 spiro atoms. The second-order valence-corrected chi connectivity index (χ2v) is 7.99. The standard InChI is InChI=1S/C25H33N3O3/c1-31-19-18-27(16-8-12-21-10-4-2-5-11-21)24(29)22-13-9-17-28(20-22)25(30)26-23-14-6-3-7-15-23/h2-7,10-11,14-15,22H,8-9,12-13,16-20H2,1H3,(H,26,30). The first-order valence-electron chi connectivity index (χ1n) is 11.1. The van der Waals surface area contributed by atoms with Crippen LogP contribution < -0.4 is 5.32 Å². The van der Waals surface area contributed by atoms with Gasteiger partial charge in [-0.2, -0.15) is 0 Å². The Morgan fingerprint density at radius 2 is 1.77 bits per heavy atom. The van der Waals surface area contributed by atoms with Crippen LogP contribution in [0.15, 0.2) is 60.7 Å². The van der Waals surface area contributed by atoms with E-state index in [-0.39, 0.29) is 17.9 Å². The van der Waals surface area contributed by atoms with Crippen LogP contribution in [0, 0.1) is 5.92 Å². The number of amides is 3. The lowest BCUT2D eigenvalue weighted by Crippen LogP contribution is -2.48. The number of methoxy groups -OCH3 is 1. The molecule has 0 radical (unpaired) electrons. The van der Waals surface area contributed by atoms with Crippen LogP contribution in [0.1, 0.15) is 24.8 Å². The van der Waals surface area contributed by atoms with Gasteiger partial charge in [-0.1, -0.05) is 48.5 Å². The Labute approximate surface area is 185 Å². The average Bonchev–Trinajstić information content (AvgIpc) is 2.82. The summed E-state index contributed by atoms with van der Waals surface area (Å²) in [6, 6.07) is 19.6. The minimum Gasteiger partial charge on any atom is -0.383 e. The van der Waals surface area contributed by atoms with Crippen molar-refractivity contribution in [3.05, 3.63) is 66.2 Å². The van der Waals surface area contributed by atoms with E-state index in [1.54, 1.807) is 12.0 Å². The van der Waals surface area contributed by atoms with E-state index in [2.05, 4.69) is 17.4 Å². The van der Waals surface area contributed by atoms with Crippen LogP contribution in [0.4, 0.5) is 10.5 Å². The first kappa shape index (κ1) is 22.8. The maximum Gasteiger partial charge on any atom is 0.321 e. The topological polar surface area (TPSA) is 61.9 Å². The van der Waals surface area contributed by atoms with E-state index in [0.29, 0.717) is 32.8 Å². The van der Waals surface area contributed by atoms with Crippen LogP contribution in [-0.4, -0.2) is 61.6 Å². The Morgan fingerprint density at radius 3 is 2.48 bits per heavy atom. The smallest absolute Gasteiger partial charge is 0.321 e. The molecule has 6 heteroatoms. The molecular formula is C25H33N3O3. The fraction of sp³-hybridized carbons (Fsp3) is 0.440. The number of para-hydroxylation sites is 1. The Balaban J connectivity index is 1.55. The lowest BCUT2D eigenvalue weighted by atomic mass is 9.96. The monoisotopic (exact) mass is 423 g/mol. The molecule has 0 aliphatic carbocycles. The zero-order chi connectivity index (χ0) is 21.9. The van der Waals surface area contributed by atoms with E-state index in [0.717, 1.165) is 31.4 Å². The van der Waals surface area contributed by atoms with Crippen molar-refractivity contribution in [2.45, 2.75) is 25.7 Å². The summed E-state index contributed by atoms with van der Waals surface area (Å²) in [5, 5.41) is 2.93. The number of urea groups is 1. The third-order valence-electron chi connectivity index (χ3n) is 5.70. The predicted molar refractivity (Wildman–Crippen MR) is 123 cm³/mol. The SMILES string of the molecule is COCCN(CCCc1ccccc1)C(=O)C1CCCN(C(=O)Nc2ccccc2)C1. The molecule has 2 aromatic carbocycles. The molecule has 3 amide bonds. The molecule has 31 heavy (non-hydrogen) atoms. The number of piperidine rings is 1. The molecule has 166 valence electrons. The lowest BCUT2D eigenvalue weighted by Gasteiger charge is -2.35. The van der Waals surface area contributed by atoms with Crippen molar-refractivity contribution in [3.8, 4) is 0 Å². The van der Waals surface area contributed by atoms with Gasteiger partial charge in [-0.25, -0.2) is 4.79 Å². The molecule has 0 bridgehead atoms. The van der Waals surface area contributed by atoms with Gasteiger partial charge in [-0.15, -0.1) is 0 Å². The third-order valence-corrected chi connectivity index (χ3v) is 5.70. The number of carbonyl (C=O) groups is 2. The molecule has 0 saturated carbocycles. The van der Waals surface area contributed by atoms with Gasteiger partial charge >= 0.3 is 6.03 Å². The number of nitrogens with one attached hydrogen (secondary N) is 1. The summed E-state index contributed by atoms with van der Waals surface area (Å²) in [4.78, 5) is 29.6. The van der Waals surface area contributed by atoms with Crippen LogP contribution in [0.3, 0.4) is 0 Å². The highest BCUT2D eigenvalue weighted by atomic mass is 16.5. The Bertz CT molecular complexity index is 813. The van der Waals surface area contributed by atoms with E-state index in [1.165, 1.54) is 5.56 Å². The number of anilines is 1. The largest absolute Gasteiger partial charge is 0.383 e. The first-order valence-corrected chi connectivity index (χ1v) is 11.1. The highest BCUT2D eigenvalue weighted by Gasteiger charge is 2.31. The Hall–Kier alpha value is -2.86. The summed E-state index contributed by atoms with van der Waals surface area (Å²) in [6.45, 7) is 2.93. The molecule has 1 N–H and O–H groups in total. The van der Waals surface area contributed by atoms with Crippen molar-refractivity contribution >= 4 is 17.6 Å². The number of carbonyl (C=O) groups excluding carboxylic acids is 2. The fourth-order valence-corrected chi connectivity index (χ4v) is 4.00. The minimum atomic E-state index is -0.163. The van der Waals surface area contributed by atoms with Gasteiger partial charge in [0.15, 0.2) is 0 Å². The predicted octanol–water partition coefficient (Wildman–Crippen LogP) is 4.04. The number of benzene rings is 2. The molecule has 1 heterocycles. The zero-order valence-corrected chi connectivity index (χ0v) is 18.3. The normalized spacial score (nSPS) is 16.0. The maximum atomic E-state index is 13.3. The van der Waals surface area contributed by atoms with E-state index < -0.39 is 0 Å². The summed E-state index contributed by atoms with van der Waals surface area (Å²) in [5.41, 5.74) is 2.05. The molecule has 1 aliphatic heterocycles. The highest BCUT2D eigenvalue weighted by Crippen LogP contribution is 2.20. The van der Waals surface area contributed by atoms with Gasteiger partial charge in [-0.05, 0) is 43.4 Å². The van der Waals surface area contributed by atoms with Crippen molar-refractivity contribution in [2.24, 2.45) is 5.92 Å². The lowest BCUT2D eigenvalue weighted by molar-refractivity contribution is -0.137. The molecule has 6 nitrogen and oxygen atoms in total.